The van der Waals surface area contributed by atoms with Crippen molar-refractivity contribution in [2.75, 3.05) is 18.8 Å². The van der Waals surface area contributed by atoms with Gasteiger partial charge in [-0.2, -0.15) is 12.6 Å². The molecule has 0 bridgehead atoms. The molecule has 2 aliphatic rings. The number of carboxylic acid groups (broad SMARTS) is 1. The van der Waals surface area contributed by atoms with Crippen molar-refractivity contribution >= 4 is 24.5 Å². The summed E-state index contributed by atoms with van der Waals surface area (Å²) in [5, 5.41) is 12.5. The van der Waals surface area contributed by atoms with Gasteiger partial charge >= 0.3 is 5.97 Å². The highest BCUT2D eigenvalue weighted by atomic mass is 32.1. The SMILES string of the molecule is CC1(CCS)CN2CCCC(C(=O)O)N2C1=O. The highest BCUT2D eigenvalue weighted by Gasteiger charge is 2.52. The molecule has 1 N–H and O–H groups in total. The molecule has 0 aromatic heterocycles. The number of carbonyl (C=O) groups excluding carboxylic acids is 1. The zero-order valence-corrected chi connectivity index (χ0v) is 10.8. The molecule has 96 valence electrons. The number of rotatable bonds is 3. The zero-order chi connectivity index (χ0) is 12.6. The predicted molar refractivity (Wildman–Crippen MR) is 65.7 cm³/mol. The highest BCUT2D eigenvalue weighted by Crippen LogP contribution is 2.37. The van der Waals surface area contributed by atoms with Crippen LogP contribution >= 0.6 is 12.6 Å². The van der Waals surface area contributed by atoms with Crippen LogP contribution in [0.2, 0.25) is 0 Å². The van der Waals surface area contributed by atoms with Crippen LogP contribution in [-0.4, -0.2) is 51.9 Å². The van der Waals surface area contributed by atoms with E-state index in [1.165, 1.54) is 5.01 Å². The molecule has 17 heavy (non-hydrogen) atoms. The van der Waals surface area contributed by atoms with E-state index in [0.717, 1.165) is 13.0 Å². The summed E-state index contributed by atoms with van der Waals surface area (Å²) in [5.41, 5.74) is -0.472. The van der Waals surface area contributed by atoms with E-state index in [0.29, 0.717) is 25.1 Å². The summed E-state index contributed by atoms with van der Waals surface area (Å²) in [7, 11) is 0. The molecular weight excluding hydrogens is 240 g/mol. The first-order chi connectivity index (χ1) is 7.99. The Morgan fingerprint density at radius 2 is 2.35 bits per heavy atom. The van der Waals surface area contributed by atoms with Gasteiger partial charge in [-0.1, -0.05) is 0 Å². The predicted octanol–water partition coefficient (Wildman–Crippen LogP) is 0.619. The number of carbonyl (C=O) groups is 2. The standard InChI is InChI=1S/C11H18N2O3S/c1-11(4-6-17)7-12-5-2-3-8(9(14)15)13(12)10(11)16/h8,17H,2-7H2,1H3,(H,14,15). The molecule has 0 aromatic rings. The van der Waals surface area contributed by atoms with Gasteiger partial charge in [-0.15, -0.1) is 0 Å². The van der Waals surface area contributed by atoms with E-state index in [-0.39, 0.29) is 5.91 Å². The number of amides is 1. The second-order valence-corrected chi connectivity index (χ2v) is 5.52. The second-order valence-electron chi connectivity index (χ2n) is 5.07. The number of thiol groups is 1. The molecule has 2 heterocycles. The number of hydrogen-bond donors (Lipinski definition) is 2. The Morgan fingerprint density at radius 3 is 2.94 bits per heavy atom. The van der Waals surface area contributed by atoms with Crippen LogP contribution < -0.4 is 0 Å². The molecule has 0 aliphatic carbocycles. The van der Waals surface area contributed by atoms with Gasteiger partial charge in [0.2, 0.25) is 5.91 Å². The lowest BCUT2D eigenvalue weighted by Crippen LogP contribution is -2.53. The third-order valence-corrected chi connectivity index (χ3v) is 3.92. The molecule has 2 atom stereocenters. The lowest BCUT2D eigenvalue weighted by atomic mass is 9.87. The van der Waals surface area contributed by atoms with Crippen LogP contribution in [0.1, 0.15) is 26.2 Å². The third-order valence-electron chi connectivity index (χ3n) is 3.70. The monoisotopic (exact) mass is 258 g/mol. The smallest absolute Gasteiger partial charge is 0.328 e. The molecule has 2 fully saturated rings. The minimum absolute atomic E-state index is 0.0568. The molecule has 2 saturated heterocycles. The molecule has 1 amide bonds. The summed E-state index contributed by atoms with van der Waals surface area (Å²) in [4.78, 5) is 23.5. The van der Waals surface area contributed by atoms with E-state index in [1.807, 2.05) is 11.9 Å². The van der Waals surface area contributed by atoms with Gasteiger partial charge in [0.25, 0.3) is 0 Å². The van der Waals surface area contributed by atoms with Crippen molar-refractivity contribution in [3.63, 3.8) is 0 Å². The Balaban J connectivity index is 2.24. The van der Waals surface area contributed by atoms with Crippen molar-refractivity contribution in [1.29, 1.82) is 0 Å². The summed E-state index contributed by atoms with van der Waals surface area (Å²) in [6, 6.07) is -0.682. The first kappa shape index (κ1) is 12.7. The van der Waals surface area contributed by atoms with Crippen molar-refractivity contribution in [2.45, 2.75) is 32.2 Å². The molecule has 0 spiro atoms. The summed E-state index contributed by atoms with van der Waals surface area (Å²) in [5.74, 6) is -0.321. The Morgan fingerprint density at radius 1 is 1.65 bits per heavy atom. The lowest BCUT2D eigenvalue weighted by molar-refractivity contribution is -0.165. The number of nitrogens with zero attached hydrogens (tertiary/aromatic N) is 2. The fourth-order valence-corrected chi connectivity index (χ4v) is 3.22. The van der Waals surface area contributed by atoms with Crippen LogP contribution in [-0.2, 0) is 9.59 Å². The molecule has 0 saturated carbocycles. The van der Waals surface area contributed by atoms with Gasteiger partial charge in [0.1, 0.15) is 6.04 Å². The van der Waals surface area contributed by atoms with E-state index in [9.17, 15) is 9.59 Å². The Hall–Kier alpha value is -0.750. The highest BCUT2D eigenvalue weighted by molar-refractivity contribution is 7.80. The first-order valence-electron chi connectivity index (χ1n) is 5.92. The van der Waals surface area contributed by atoms with Crippen LogP contribution in [0.3, 0.4) is 0 Å². The maximum Gasteiger partial charge on any atom is 0.328 e. The van der Waals surface area contributed by atoms with E-state index >= 15 is 0 Å². The normalized spacial score (nSPS) is 33.9. The Labute approximate surface area is 106 Å². The van der Waals surface area contributed by atoms with Crippen molar-refractivity contribution in [1.82, 2.24) is 10.0 Å². The maximum atomic E-state index is 12.4. The van der Waals surface area contributed by atoms with Crippen molar-refractivity contribution in [3.8, 4) is 0 Å². The van der Waals surface area contributed by atoms with Crippen LogP contribution in [0, 0.1) is 5.41 Å². The summed E-state index contributed by atoms with van der Waals surface area (Å²) < 4.78 is 0. The summed E-state index contributed by atoms with van der Waals surface area (Å²) >= 11 is 4.18. The number of aliphatic carboxylic acids is 1. The van der Waals surface area contributed by atoms with Crippen LogP contribution in [0.15, 0.2) is 0 Å². The van der Waals surface area contributed by atoms with Gasteiger partial charge in [-0.25, -0.2) is 9.80 Å². The Bertz CT molecular complexity index is 350. The van der Waals surface area contributed by atoms with Crippen LogP contribution in [0.4, 0.5) is 0 Å². The molecule has 6 heteroatoms. The minimum atomic E-state index is -0.904. The van der Waals surface area contributed by atoms with Gasteiger partial charge in [-0.05, 0) is 31.9 Å². The molecule has 5 nitrogen and oxygen atoms in total. The molecule has 2 rings (SSSR count). The lowest BCUT2D eigenvalue weighted by Gasteiger charge is -2.37. The molecular formula is C11H18N2O3S. The fourth-order valence-electron chi connectivity index (χ4n) is 2.73. The fraction of sp³-hybridized carbons (Fsp3) is 0.818. The number of carboxylic acids is 1. The van der Waals surface area contributed by atoms with E-state index < -0.39 is 17.4 Å². The van der Waals surface area contributed by atoms with E-state index in [4.69, 9.17) is 5.11 Å². The zero-order valence-electron chi connectivity index (χ0n) is 9.93. The second kappa shape index (κ2) is 4.49. The topological polar surface area (TPSA) is 60.9 Å². The van der Waals surface area contributed by atoms with Gasteiger partial charge in [0.05, 0.1) is 5.41 Å². The molecule has 0 radical (unpaired) electrons. The van der Waals surface area contributed by atoms with E-state index in [1.54, 1.807) is 0 Å². The van der Waals surface area contributed by atoms with Crippen molar-refractivity contribution in [2.24, 2.45) is 5.41 Å². The number of fused-ring (bicyclic) bond motifs is 1. The summed E-state index contributed by atoms with van der Waals surface area (Å²) in [6.45, 7) is 3.30. The van der Waals surface area contributed by atoms with Gasteiger partial charge in [0, 0.05) is 13.1 Å². The first-order valence-corrected chi connectivity index (χ1v) is 6.55. The average molecular weight is 258 g/mol. The third kappa shape index (κ3) is 2.04. The quantitative estimate of drug-likeness (QED) is 0.729. The van der Waals surface area contributed by atoms with E-state index in [2.05, 4.69) is 12.6 Å². The molecule has 2 unspecified atom stereocenters. The van der Waals surface area contributed by atoms with Gasteiger partial charge in [-0.3, -0.25) is 9.80 Å². The Kier molecular flexibility index (Phi) is 3.36. The van der Waals surface area contributed by atoms with Crippen LogP contribution in [0.25, 0.3) is 0 Å². The van der Waals surface area contributed by atoms with Crippen molar-refractivity contribution in [3.05, 3.63) is 0 Å². The van der Waals surface area contributed by atoms with Crippen molar-refractivity contribution < 1.29 is 14.7 Å². The largest absolute Gasteiger partial charge is 0.480 e. The summed E-state index contributed by atoms with van der Waals surface area (Å²) in [6.07, 6.45) is 2.07. The molecule has 2 aliphatic heterocycles. The number of hydrazine groups is 1. The molecule has 0 aromatic carbocycles. The average Bonchev–Trinajstić information content (AvgIpc) is 2.51. The minimum Gasteiger partial charge on any atom is -0.480 e. The number of hydrogen-bond acceptors (Lipinski definition) is 4. The van der Waals surface area contributed by atoms with Gasteiger partial charge < -0.3 is 5.11 Å². The van der Waals surface area contributed by atoms with Gasteiger partial charge in [0.15, 0.2) is 0 Å². The maximum absolute atomic E-state index is 12.4. The van der Waals surface area contributed by atoms with Crippen LogP contribution in [0.5, 0.6) is 0 Å².